The summed E-state index contributed by atoms with van der Waals surface area (Å²) in [6, 6.07) is 0.936. The zero-order valence-electron chi connectivity index (χ0n) is 11.2. The third kappa shape index (κ3) is 2.07. The minimum Gasteiger partial charge on any atom is -0.371 e. The van der Waals surface area contributed by atoms with Gasteiger partial charge in [-0.25, -0.2) is 9.69 Å². The van der Waals surface area contributed by atoms with Crippen LogP contribution in [0.4, 0.5) is 10.6 Å². The van der Waals surface area contributed by atoms with E-state index < -0.39 is 24.1 Å². The highest BCUT2D eigenvalue weighted by atomic mass is 16.5. The van der Waals surface area contributed by atoms with E-state index in [0.29, 0.717) is 5.76 Å². The van der Waals surface area contributed by atoms with E-state index in [2.05, 4.69) is 5.16 Å². The number of aliphatic hydroxyl groups excluding tert-OH is 2. The maximum absolute atomic E-state index is 11.9. The predicted molar refractivity (Wildman–Crippen MR) is 64.2 cm³/mol. The second kappa shape index (κ2) is 4.48. The molecule has 8 nitrogen and oxygen atoms in total. The third-order valence-electron chi connectivity index (χ3n) is 3.28. The van der Waals surface area contributed by atoms with Gasteiger partial charge in [0, 0.05) is 20.2 Å². The highest BCUT2D eigenvalue weighted by Gasteiger charge is 2.44. The Hall–Kier alpha value is -1.64. The predicted octanol–water partition coefficient (Wildman–Crippen LogP) is 0.0647. The van der Waals surface area contributed by atoms with Gasteiger partial charge in [-0.3, -0.25) is 4.90 Å². The Morgan fingerprint density at radius 3 is 2.53 bits per heavy atom. The lowest BCUT2D eigenvalue weighted by molar-refractivity contribution is -0.0185. The maximum Gasteiger partial charge on any atom is 0.329 e. The second-order valence-electron chi connectivity index (χ2n) is 4.85. The Kier molecular flexibility index (Phi) is 3.25. The van der Waals surface area contributed by atoms with Crippen LogP contribution < -0.4 is 4.90 Å². The van der Waals surface area contributed by atoms with Crippen LogP contribution in [0.5, 0.6) is 0 Å². The largest absolute Gasteiger partial charge is 0.371 e. The number of aromatic nitrogens is 1. The van der Waals surface area contributed by atoms with E-state index in [1.54, 1.807) is 13.8 Å². The van der Waals surface area contributed by atoms with Crippen LogP contribution in [0.3, 0.4) is 0 Å². The molecule has 8 heteroatoms. The molecule has 2 unspecified atom stereocenters. The number of hydrogen-bond donors (Lipinski definition) is 2. The van der Waals surface area contributed by atoms with Crippen molar-refractivity contribution in [3.63, 3.8) is 0 Å². The molecular formula is C11H17N3O5. The standard InChI is InChI=1S/C11H17N3O5/c1-11(2,18-4)6-5-7(12-19-6)14-9(16)8(15)13(3)10(14)17/h5,8-9,15-16H,1-4H3. The molecule has 2 heterocycles. The molecule has 19 heavy (non-hydrogen) atoms. The number of carbonyl (C=O) groups excluding carboxylic acids is 1. The topological polar surface area (TPSA) is 99.3 Å². The van der Waals surface area contributed by atoms with Gasteiger partial charge in [0.2, 0.25) is 0 Å². The number of anilines is 1. The first-order chi connectivity index (χ1) is 8.79. The van der Waals surface area contributed by atoms with E-state index >= 15 is 0 Å². The zero-order chi connectivity index (χ0) is 14.4. The first-order valence-electron chi connectivity index (χ1n) is 5.74. The van der Waals surface area contributed by atoms with Gasteiger partial charge in [0.25, 0.3) is 0 Å². The van der Waals surface area contributed by atoms with Gasteiger partial charge in [0.1, 0.15) is 5.60 Å². The van der Waals surface area contributed by atoms with Crippen LogP contribution in [-0.2, 0) is 10.3 Å². The van der Waals surface area contributed by atoms with Crippen LogP contribution >= 0.6 is 0 Å². The molecule has 0 spiro atoms. The molecule has 2 atom stereocenters. The number of methoxy groups -OCH3 is 1. The summed E-state index contributed by atoms with van der Waals surface area (Å²) in [4.78, 5) is 13.9. The van der Waals surface area contributed by atoms with Crippen LogP contribution in [0.1, 0.15) is 19.6 Å². The average molecular weight is 271 g/mol. The number of nitrogens with zero attached hydrogens (tertiary/aromatic N) is 3. The second-order valence-corrected chi connectivity index (χ2v) is 4.85. The Labute approximate surface area is 110 Å². The SMILES string of the molecule is COC(C)(C)c1cc(N2C(=O)N(C)C(O)C2O)no1. The van der Waals surface area contributed by atoms with Crippen molar-refractivity contribution < 1.29 is 24.3 Å². The summed E-state index contributed by atoms with van der Waals surface area (Å²) in [5.74, 6) is 0.537. The molecule has 0 aromatic carbocycles. The van der Waals surface area contributed by atoms with Gasteiger partial charge in [0.05, 0.1) is 0 Å². The summed E-state index contributed by atoms with van der Waals surface area (Å²) in [6.07, 6.45) is -2.69. The summed E-state index contributed by atoms with van der Waals surface area (Å²) in [5, 5.41) is 23.2. The minimum absolute atomic E-state index is 0.126. The monoisotopic (exact) mass is 271 g/mol. The quantitative estimate of drug-likeness (QED) is 0.806. The molecule has 106 valence electrons. The number of amides is 2. The van der Waals surface area contributed by atoms with Crippen LogP contribution in [0.2, 0.25) is 0 Å². The molecule has 1 fully saturated rings. The molecule has 0 aliphatic carbocycles. The molecule has 0 bridgehead atoms. The average Bonchev–Trinajstić information content (AvgIpc) is 2.92. The lowest BCUT2D eigenvalue weighted by atomic mass is 10.1. The lowest BCUT2D eigenvalue weighted by Gasteiger charge is -2.18. The van der Waals surface area contributed by atoms with Gasteiger partial charge < -0.3 is 19.5 Å². The van der Waals surface area contributed by atoms with Crippen molar-refractivity contribution >= 4 is 11.8 Å². The fourth-order valence-corrected chi connectivity index (χ4v) is 1.73. The molecule has 1 saturated heterocycles. The van der Waals surface area contributed by atoms with Crippen molar-refractivity contribution in [3.8, 4) is 0 Å². The van der Waals surface area contributed by atoms with Crippen LogP contribution in [0.25, 0.3) is 0 Å². The summed E-state index contributed by atoms with van der Waals surface area (Å²) < 4.78 is 10.4. The highest BCUT2D eigenvalue weighted by molar-refractivity contribution is 5.93. The Balaban J connectivity index is 2.31. The van der Waals surface area contributed by atoms with Gasteiger partial charge in [-0.05, 0) is 13.8 Å². The van der Waals surface area contributed by atoms with Gasteiger partial charge >= 0.3 is 6.03 Å². The number of rotatable bonds is 3. The number of urea groups is 1. The molecule has 1 aromatic rings. The van der Waals surface area contributed by atoms with Crippen molar-refractivity contribution in [2.75, 3.05) is 19.1 Å². The zero-order valence-corrected chi connectivity index (χ0v) is 11.2. The number of ether oxygens (including phenoxy) is 1. The summed E-state index contributed by atoms with van der Waals surface area (Å²) >= 11 is 0. The fraction of sp³-hybridized carbons (Fsp3) is 0.636. The number of hydrogen-bond acceptors (Lipinski definition) is 6. The molecule has 2 rings (SSSR count). The van der Waals surface area contributed by atoms with Crippen LogP contribution in [-0.4, -0.2) is 52.9 Å². The maximum atomic E-state index is 11.9. The Bertz CT molecular complexity index is 486. The van der Waals surface area contributed by atoms with Crippen molar-refractivity contribution in [2.24, 2.45) is 0 Å². The van der Waals surface area contributed by atoms with Crippen LogP contribution in [0.15, 0.2) is 10.6 Å². The summed E-state index contributed by atoms with van der Waals surface area (Å²) in [5.41, 5.74) is -0.705. The molecule has 2 N–H and O–H groups in total. The van der Waals surface area contributed by atoms with E-state index in [1.807, 2.05) is 0 Å². The van der Waals surface area contributed by atoms with Gasteiger partial charge in [-0.1, -0.05) is 5.16 Å². The lowest BCUT2D eigenvalue weighted by Crippen LogP contribution is -2.36. The first-order valence-corrected chi connectivity index (χ1v) is 5.74. The number of likely N-dealkylation sites (N-methyl/N-ethyl adjacent to an activating group) is 1. The smallest absolute Gasteiger partial charge is 0.329 e. The van der Waals surface area contributed by atoms with E-state index in [-0.39, 0.29) is 5.82 Å². The first kappa shape index (κ1) is 13.8. The number of carbonyl (C=O) groups is 1. The normalized spacial score (nSPS) is 24.4. The highest BCUT2D eigenvalue weighted by Crippen LogP contribution is 2.30. The van der Waals surface area contributed by atoms with Crippen molar-refractivity contribution in [1.82, 2.24) is 10.1 Å². The van der Waals surface area contributed by atoms with Gasteiger partial charge in [-0.2, -0.15) is 0 Å². The molecular weight excluding hydrogens is 254 g/mol. The van der Waals surface area contributed by atoms with Crippen molar-refractivity contribution in [1.29, 1.82) is 0 Å². The molecule has 1 aliphatic heterocycles. The molecule has 2 amide bonds. The van der Waals surface area contributed by atoms with Gasteiger partial charge in [-0.15, -0.1) is 0 Å². The minimum atomic E-state index is -1.39. The molecule has 1 aliphatic rings. The Morgan fingerprint density at radius 2 is 2.05 bits per heavy atom. The molecule has 0 radical (unpaired) electrons. The van der Waals surface area contributed by atoms with Crippen molar-refractivity contribution in [2.45, 2.75) is 31.9 Å². The third-order valence-corrected chi connectivity index (χ3v) is 3.28. The molecule has 0 saturated carbocycles. The van der Waals surface area contributed by atoms with Crippen molar-refractivity contribution in [3.05, 3.63) is 11.8 Å². The Morgan fingerprint density at radius 1 is 1.42 bits per heavy atom. The summed E-state index contributed by atoms with van der Waals surface area (Å²) in [6.45, 7) is 3.56. The fourth-order valence-electron chi connectivity index (χ4n) is 1.73. The molecule has 1 aromatic heterocycles. The van der Waals surface area contributed by atoms with E-state index in [1.165, 1.54) is 20.2 Å². The van der Waals surface area contributed by atoms with Crippen LogP contribution in [0, 0.1) is 0 Å². The van der Waals surface area contributed by atoms with E-state index in [9.17, 15) is 15.0 Å². The summed E-state index contributed by atoms with van der Waals surface area (Å²) in [7, 11) is 2.91. The van der Waals surface area contributed by atoms with Gasteiger partial charge in [0.15, 0.2) is 24.0 Å². The van der Waals surface area contributed by atoms with E-state index in [4.69, 9.17) is 9.26 Å². The number of aliphatic hydroxyl groups is 2. The van der Waals surface area contributed by atoms with E-state index in [0.717, 1.165) is 9.80 Å².